The molecule has 1 N–H and O–H groups in total. The highest BCUT2D eigenvalue weighted by molar-refractivity contribution is 6.30. The molecule has 0 atom stereocenters. The van der Waals surface area contributed by atoms with Gasteiger partial charge in [0.2, 0.25) is 0 Å². The summed E-state index contributed by atoms with van der Waals surface area (Å²) in [5.74, 6) is -0.125. The van der Waals surface area contributed by atoms with Crippen molar-refractivity contribution < 1.29 is 9.59 Å². The highest BCUT2D eigenvalue weighted by atomic mass is 16.1. The normalized spacial score (nSPS) is 12.9. The van der Waals surface area contributed by atoms with Gasteiger partial charge in [-0.2, -0.15) is 0 Å². The number of benzene rings is 2. The summed E-state index contributed by atoms with van der Waals surface area (Å²) in [7, 11) is 0. The standard InChI is InChI=1S/C18H17NO2/c1-3-10-19-14-9-5-8-13-16(14)18(21)12-7-4-6-11(2)15(12)17(13)20/h4-9,19H,3,10H2,1-2H3. The zero-order valence-corrected chi connectivity index (χ0v) is 12.2. The molecule has 0 heterocycles. The summed E-state index contributed by atoms with van der Waals surface area (Å²) in [6, 6.07) is 10.9. The fraction of sp³-hybridized carbons (Fsp3) is 0.222. The van der Waals surface area contributed by atoms with Crippen molar-refractivity contribution >= 4 is 17.3 Å². The topological polar surface area (TPSA) is 46.2 Å². The molecule has 0 saturated heterocycles. The monoisotopic (exact) mass is 279 g/mol. The number of ketones is 2. The highest BCUT2D eigenvalue weighted by Gasteiger charge is 2.32. The van der Waals surface area contributed by atoms with Gasteiger partial charge in [0.1, 0.15) is 0 Å². The Kier molecular flexibility index (Phi) is 3.34. The molecule has 2 aromatic carbocycles. The molecule has 21 heavy (non-hydrogen) atoms. The van der Waals surface area contributed by atoms with Crippen LogP contribution in [-0.4, -0.2) is 18.1 Å². The van der Waals surface area contributed by atoms with Gasteiger partial charge in [0.05, 0.1) is 5.56 Å². The number of hydrogen-bond acceptors (Lipinski definition) is 3. The van der Waals surface area contributed by atoms with Crippen LogP contribution in [0.5, 0.6) is 0 Å². The average Bonchev–Trinajstić information content (AvgIpc) is 2.50. The van der Waals surface area contributed by atoms with Crippen molar-refractivity contribution in [2.45, 2.75) is 20.3 Å². The van der Waals surface area contributed by atoms with E-state index in [1.807, 2.05) is 31.2 Å². The molecule has 0 saturated carbocycles. The molecule has 0 unspecified atom stereocenters. The van der Waals surface area contributed by atoms with E-state index in [-0.39, 0.29) is 11.6 Å². The van der Waals surface area contributed by atoms with E-state index in [2.05, 4.69) is 12.2 Å². The minimum atomic E-state index is -0.0671. The van der Waals surface area contributed by atoms with Crippen LogP contribution < -0.4 is 5.32 Å². The van der Waals surface area contributed by atoms with Crippen molar-refractivity contribution in [1.82, 2.24) is 0 Å². The van der Waals surface area contributed by atoms with Crippen LogP contribution in [0.4, 0.5) is 5.69 Å². The Bertz CT molecular complexity index is 747. The fourth-order valence-electron chi connectivity index (χ4n) is 2.82. The molecule has 106 valence electrons. The summed E-state index contributed by atoms with van der Waals surface area (Å²) in [5, 5.41) is 3.25. The minimum absolute atomic E-state index is 0.0575. The van der Waals surface area contributed by atoms with Gasteiger partial charge in [0.25, 0.3) is 0 Å². The molecule has 0 amide bonds. The first kappa shape index (κ1) is 13.6. The highest BCUT2D eigenvalue weighted by Crippen LogP contribution is 2.33. The minimum Gasteiger partial charge on any atom is -0.384 e. The molecule has 0 aliphatic heterocycles. The van der Waals surface area contributed by atoms with Crippen molar-refractivity contribution in [3.05, 3.63) is 64.2 Å². The molecule has 1 aliphatic carbocycles. The maximum Gasteiger partial charge on any atom is 0.196 e. The Morgan fingerprint density at radius 1 is 0.905 bits per heavy atom. The Labute approximate surface area is 124 Å². The second-order valence-electron chi connectivity index (χ2n) is 5.31. The predicted molar refractivity (Wildman–Crippen MR) is 83.3 cm³/mol. The lowest BCUT2D eigenvalue weighted by Crippen LogP contribution is -2.23. The van der Waals surface area contributed by atoms with E-state index in [4.69, 9.17) is 0 Å². The van der Waals surface area contributed by atoms with E-state index in [1.165, 1.54) is 0 Å². The van der Waals surface area contributed by atoms with Crippen LogP contribution in [0, 0.1) is 6.92 Å². The average molecular weight is 279 g/mol. The number of rotatable bonds is 3. The third-order valence-corrected chi connectivity index (χ3v) is 3.85. The van der Waals surface area contributed by atoms with E-state index < -0.39 is 0 Å². The number of anilines is 1. The Hall–Kier alpha value is -2.42. The Morgan fingerprint density at radius 2 is 1.52 bits per heavy atom. The van der Waals surface area contributed by atoms with Crippen LogP contribution >= 0.6 is 0 Å². The van der Waals surface area contributed by atoms with Gasteiger partial charge >= 0.3 is 0 Å². The van der Waals surface area contributed by atoms with Crippen LogP contribution in [0.15, 0.2) is 36.4 Å². The second-order valence-corrected chi connectivity index (χ2v) is 5.31. The van der Waals surface area contributed by atoms with Crippen LogP contribution in [0.1, 0.15) is 50.8 Å². The maximum atomic E-state index is 12.8. The Morgan fingerprint density at radius 3 is 2.24 bits per heavy atom. The molecule has 0 aromatic heterocycles. The van der Waals surface area contributed by atoms with Crippen molar-refractivity contribution in [3.63, 3.8) is 0 Å². The number of carbonyl (C=O) groups excluding carboxylic acids is 2. The van der Waals surface area contributed by atoms with Gasteiger partial charge in [-0.1, -0.05) is 37.3 Å². The Balaban J connectivity index is 2.21. The molecule has 3 nitrogen and oxygen atoms in total. The number of nitrogens with one attached hydrogen (secondary N) is 1. The summed E-state index contributed by atoms with van der Waals surface area (Å²) in [5.41, 5.74) is 3.67. The third-order valence-electron chi connectivity index (χ3n) is 3.85. The van der Waals surface area contributed by atoms with Crippen molar-refractivity contribution in [3.8, 4) is 0 Å². The number of hydrogen-bond donors (Lipinski definition) is 1. The van der Waals surface area contributed by atoms with Gasteiger partial charge in [-0.25, -0.2) is 0 Å². The fourth-order valence-corrected chi connectivity index (χ4v) is 2.82. The molecule has 1 aliphatic rings. The number of carbonyl (C=O) groups is 2. The quantitative estimate of drug-likeness (QED) is 0.797. The van der Waals surface area contributed by atoms with E-state index in [1.54, 1.807) is 12.1 Å². The third kappa shape index (κ3) is 2.05. The van der Waals surface area contributed by atoms with E-state index in [9.17, 15) is 9.59 Å². The van der Waals surface area contributed by atoms with Gasteiger partial charge in [0.15, 0.2) is 11.6 Å². The first-order valence-corrected chi connectivity index (χ1v) is 7.21. The molecule has 0 fully saturated rings. The van der Waals surface area contributed by atoms with E-state index in [0.29, 0.717) is 22.3 Å². The SMILES string of the molecule is CCCNc1cccc2c1C(=O)c1cccc(C)c1C2=O. The molecule has 2 aromatic rings. The lowest BCUT2D eigenvalue weighted by Gasteiger charge is -2.21. The van der Waals surface area contributed by atoms with E-state index >= 15 is 0 Å². The molecule has 0 spiro atoms. The lowest BCUT2D eigenvalue weighted by molar-refractivity contribution is 0.0979. The zero-order chi connectivity index (χ0) is 15.0. The molecular weight excluding hydrogens is 262 g/mol. The van der Waals surface area contributed by atoms with Crippen LogP contribution in [0.3, 0.4) is 0 Å². The van der Waals surface area contributed by atoms with E-state index in [0.717, 1.165) is 24.2 Å². The van der Waals surface area contributed by atoms with Gasteiger partial charge in [0, 0.05) is 28.9 Å². The number of fused-ring (bicyclic) bond motifs is 2. The first-order valence-electron chi connectivity index (χ1n) is 7.21. The van der Waals surface area contributed by atoms with Crippen LogP contribution in [0.25, 0.3) is 0 Å². The van der Waals surface area contributed by atoms with Crippen molar-refractivity contribution in [1.29, 1.82) is 0 Å². The smallest absolute Gasteiger partial charge is 0.196 e. The molecule has 3 rings (SSSR count). The summed E-state index contributed by atoms with van der Waals surface area (Å²) in [4.78, 5) is 25.5. The summed E-state index contributed by atoms with van der Waals surface area (Å²) in [6.45, 7) is 4.71. The van der Waals surface area contributed by atoms with Crippen LogP contribution in [0.2, 0.25) is 0 Å². The van der Waals surface area contributed by atoms with Crippen LogP contribution in [-0.2, 0) is 0 Å². The summed E-state index contributed by atoms with van der Waals surface area (Å²) in [6.07, 6.45) is 0.960. The first-order chi connectivity index (χ1) is 10.1. The second kappa shape index (κ2) is 5.17. The largest absolute Gasteiger partial charge is 0.384 e. The van der Waals surface area contributed by atoms with Gasteiger partial charge in [-0.15, -0.1) is 0 Å². The summed E-state index contributed by atoms with van der Waals surface area (Å²) >= 11 is 0. The zero-order valence-electron chi connectivity index (χ0n) is 12.2. The lowest BCUT2D eigenvalue weighted by atomic mass is 9.81. The van der Waals surface area contributed by atoms with Gasteiger partial charge in [-0.3, -0.25) is 9.59 Å². The maximum absolute atomic E-state index is 12.8. The molecule has 0 radical (unpaired) electrons. The summed E-state index contributed by atoms with van der Waals surface area (Å²) < 4.78 is 0. The van der Waals surface area contributed by atoms with Gasteiger partial charge < -0.3 is 5.32 Å². The predicted octanol–water partition coefficient (Wildman–Crippen LogP) is 3.59. The molecular formula is C18H17NO2. The van der Waals surface area contributed by atoms with Crippen molar-refractivity contribution in [2.24, 2.45) is 0 Å². The molecule has 3 heteroatoms. The van der Waals surface area contributed by atoms with Crippen molar-refractivity contribution in [2.75, 3.05) is 11.9 Å². The number of aryl methyl sites for hydroxylation is 1. The van der Waals surface area contributed by atoms with Gasteiger partial charge in [-0.05, 0) is 25.0 Å². The molecule has 0 bridgehead atoms.